The number of nitrogens with zero attached hydrogens (tertiary/aromatic N) is 2. The van der Waals surface area contributed by atoms with Crippen LogP contribution in [0, 0.1) is 5.82 Å². The van der Waals surface area contributed by atoms with E-state index in [4.69, 9.17) is 0 Å². The Morgan fingerprint density at radius 3 is 2.95 bits per heavy atom. The molecule has 1 fully saturated rings. The number of anilines is 1. The SMILES string of the molecule is CCNc1c(F)cccc1C(=O)N(C)C1CCCN(C)C1. The van der Waals surface area contributed by atoms with Crippen molar-refractivity contribution < 1.29 is 9.18 Å². The van der Waals surface area contributed by atoms with E-state index in [-0.39, 0.29) is 17.8 Å². The molecule has 1 aliphatic heterocycles. The Morgan fingerprint density at radius 1 is 1.52 bits per heavy atom. The zero-order valence-electron chi connectivity index (χ0n) is 13.0. The van der Waals surface area contributed by atoms with E-state index >= 15 is 0 Å². The molecular weight excluding hydrogens is 269 g/mol. The van der Waals surface area contributed by atoms with E-state index in [1.807, 2.05) is 14.0 Å². The molecule has 0 aliphatic carbocycles. The molecule has 4 nitrogen and oxygen atoms in total. The molecule has 5 heteroatoms. The topological polar surface area (TPSA) is 35.6 Å². The lowest BCUT2D eigenvalue weighted by Gasteiger charge is -2.36. The number of carbonyl (C=O) groups excluding carboxylic acids is 1. The Bertz CT molecular complexity index is 506. The molecule has 116 valence electrons. The van der Waals surface area contributed by atoms with Crippen LogP contribution in [-0.2, 0) is 0 Å². The smallest absolute Gasteiger partial charge is 0.256 e. The molecule has 0 bridgehead atoms. The Labute approximate surface area is 125 Å². The predicted octanol–water partition coefficient (Wildman–Crippen LogP) is 2.42. The average Bonchev–Trinajstić information content (AvgIpc) is 2.48. The van der Waals surface area contributed by atoms with Gasteiger partial charge in [0.2, 0.25) is 0 Å². The first-order valence-electron chi connectivity index (χ1n) is 7.52. The van der Waals surface area contributed by atoms with Crippen LogP contribution in [0.5, 0.6) is 0 Å². The van der Waals surface area contributed by atoms with Crippen molar-refractivity contribution in [3.05, 3.63) is 29.6 Å². The molecule has 1 heterocycles. The fraction of sp³-hybridized carbons (Fsp3) is 0.562. The molecule has 0 aromatic heterocycles. The number of amides is 1. The lowest BCUT2D eigenvalue weighted by Crippen LogP contribution is -2.47. The van der Waals surface area contributed by atoms with E-state index in [0.29, 0.717) is 17.8 Å². The van der Waals surface area contributed by atoms with E-state index in [2.05, 4.69) is 17.3 Å². The van der Waals surface area contributed by atoms with Crippen LogP contribution in [0.1, 0.15) is 30.1 Å². The highest BCUT2D eigenvalue weighted by Gasteiger charge is 2.27. The standard InChI is InChI=1S/C16H24FN3O/c1-4-18-15-13(8-5-9-14(15)17)16(21)20(3)12-7-6-10-19(2)11-12/h5,8-9,12,18H,4,6-7,10-11H2,1-3H3. The quantitative estimate of drug-likeness (QED) is 0.926. The molecule has 1 aliphatic rings. The number of likely N-dealkylation sites (N-methyl/N-ethyl adjacent to an activating group) is 2. The maximum atomic E-state index is 13.9. The molecule has 1 atom stereocenters. The summed E-state index contributed by atoms with van der Waals surface area (Å²) in [7, 11) is 3.88. The van der Waals surface area contributed by atoms with Gasteiger partial charge in [0.15, 0.2) is 0 Å². The van der Waals surface area contributed by atoms with Crippen LogP contribution in [0.4, 0.5) is 10.1 Å². The normalized spacial score (nSPS) is 19.3. The van der Waals surface area contributed by atoms with Gasteiger partial charge in [-0.05, 0) is 45.5 Å². The van der Waals surface area contributed by atoms with Crippen molar-refractivity contribution >= 4 is 11.6 Å². The molecule has 21 heavy (non-hydrogen) atoms. The van der Waals surface area contributed by atoms with Crippen LogP contribution in [0.2, 0.25) is 0 Å². The fourth-order valence-electron chi connectivity index (χ4n) is 2.87. The van der Waals surface area contributed by atoms with Gasteiger partial charge in [-0.25, -0.2) is 4.39 Å². The summed E-state index contributed by atoms with van der Waals surface area (Å²) in [5.41, 5.74) is 0.716. The van der Waals surface area contributed by atoms with E-state index < -0.39 is 0 Å². The van der Waals surface area contributed by atoms with Gasteiger partial charge < -0.3 is 15.1 Å². The van der Waals surface area contributed by atoms with E-state index in [1.165, 1.54) is 6.07 Å². The lowest BCUT2D eigenvalue weighted by atomic mass is 10.0. The summed E-state index contributed by atoms with van der Waals surface area (Å²) in [6, 6.07) is 4.84. The maximum absolute atomic E-state index is 13.9. The number of likely N-dealkylation sites (tertiary alicyclic amines) is 1. The van der Waals surface area contributed by atoms with Gasteiger partial charge in [0.1, 0.15) is 5.82 Å². The lowest BCUT2D eigenvalue weighted by molar-refractivity contribution is 0.0644. The third kappa shape index (κ3) is 3.53. The largest absolute Gasteiger partial charge is 0.382 e. The van der Waals surface area contributed by atoms with Gasteiger partial charge in [-0.2, -0.15) is 0 Å². The van der Waals surface area contributed by atoms with Crippen LogP contribution in [0.3, 0.4) is 0 Å². The number of nitrogens with one attached hydrogen (secondary N) is 1. The number of carbonyl (C=O) groups is 1. The van der Waals surface area contributed by atoms with Crippen molar-refractivity contribution in [2.24, 2.45) is 0 Å². The summed E-state index contributed by atoms with van der Waals surface area (Å²) in [4.78, 5) is 16.7. The number of hydrogen-bond acceptors (Lipinski definition) is 3. The average molecular weight is 293 g/mol. The predicted molar refractivity (Wildman–Crippen MR) is 83.2 cm³/mol. The van der Waals surface area contributed by atoms with E-state index in [9.17, 15) is 9.18 Å². The second-order valence-corrected chi connectivity index (χ2v) is 5.67. The van der Waals surface area contributed by atoms with Crippen molar-refractivity contribution in [2.75, 3.05) is 39.0 Å². The number of hydrogen-bond donors (Lipinski definition) is 1. The molecular formula is C16H24FN3O. The molecule has 0 spiro atoms. The zero-order valence-corrected chi connectivity index (χ0v) is 13.0. The Kier molecular flexibility index (Phi) is 5.17. The summed E-state index contributed by atoms with van der Waals surface area (Å²) in [5.74, 6) is -0.498. The Balaban J connectivity index is 2.21. The molecule has 2 rings (SSSR count). The number of piperidine rings is 1. The monoisotopic (exact) mass is 293 g/mol. The summed E-state index contributed by atoms with van der Waals surface area (Å²) >= 11 is 0. The van der Waals surface area contributed by atoms with Crippen LogP contribution >= 0.6 is 0 Å². The Morgan fingerprint density at radius 2 is 2.29 bits per heavy atom. The minimum Gasteiger partial charge on any atom is -0.382 e. The number of benzene rings is 1. The second kappa shape index (κ2) is 6.89. The fourth-order valence-corrected chi connectivity index (χ4v) is 2.87. The summed E-state index contributed by atoms with van der Waals surface area (Å²) in [5, 5.41) is 2.96. The molecule has 0 radical (unpaired) electrons. The summed E-state index contributed by atoms with van der Waals surface area (Å²) < 4.78 is 13.9. The van der Waals surface area contributed by atoms with E-state index in [1.54, 1.807) is 17.0 Å². The molecule has 1 aromatic rings. The highest BCUT2D eigenvalue weighted by Crippen LogP contribution is 2.23. The summed E-state index contributed by atoms with van der Waals surface area (Å²) in [6.07, 6.45) is 2.08. The molecule has 1 aromatic carbocycles. The van der Waals surface area contributed by atoms with Gasteiger partial charge in [0.05, 0.1) is 11.3 Å². The Hall–Kier alpha value is -1.62. The second-order valence-electron chi connectivity index (χ2n) is 5.67. The first-order valence-corrected chi connectivity index (χ1v) is 7.52. The third-order valence-electron chi connectivity index (χ3n) is 4.07. The van der Waals surface area contributed by atoms with Gasteiger partial charge in [-0.1, -0.05) is 6.07 Å². The third-order valence-corrected chi connectivity index (χ3v) is 4.07. The molecule has 1 N–H and O–H groups in total. The van der Waals surface area contributed by atoms with E-state index in [0.717, 1.165) is 25.9 Å². The number of rotatable bonds is 4. The van der Waals surface area contributed by atoms with Crippen LogP contribution < -0.4 is 5.32 Å². The van der Waals surface area contributed by atoms with Crippen molar-refractivity contribution in [3.63, 3.8) is 0 Å². The van der Waals surface area contributed by atoms with Gasteiger partial charge in [0.25, 0.3) is 5.91 Å². The number of halogens is 1. The molecule has 1 saturated heterocycles. The highest BCUT2D eigenvalue weighted by atomic mass is 19.1. The van der Waals surface area contributed by atoms with Crippen molar-refractivity contribution in [1.82, 2.24) is 9.80 Å². The molecule has 1 amide bonds. The highest BCUT2D eigenvalue weighted by molar-refractivity contribution is 5.99. The van der Waals surface area contributed by atoms with Gasteiger partial charge >= 0.3 is 0 Å². The van der Waals surface area contributed by atoms with Crippen molar-refractivity contribution in [1.29, 1.82) is 0 Å². The maximum Gasteiger partial charge on any atom is 0.256 e. The van der Waals surface area contributed by atoms with Gasteiger partial charge in [-0.3, -0.25) is 4.79 Å². The molecule has 1 unspecified atom stereocenters. The van der Waals surface area contributed by atoms with Crippen LogP contribution in [0.15, 0.2) is 18.2 Å². The minimum absolute atomic E-state index is 0.120. The molecule has 0 saturated carbocycles. The summed E-state index contributed by atoms with van der Waals surface area (Å²) in [6.45, 7) is 4.41. The minimum atomic E-state index is -0.378. The number of para-hydroxylation sites is 1. The first kappa shape index (κ1) is 15.8. The van der Waals surface area contributed by atoms with Crippen LogP contribution in [-0.4, -0.2) is 55.5 Å². The van der Waals surface area contributed by atoms with Crippen LogP contribution in [0.25, 0.3) is 0 Å². The zero-order chi connectivity index (χ0) is 15.4. The van der Waals surface area contributed by atoms with Crippen molar-refractivity contribution in [2.45, 2.75) is 25.8 Å². The van der Waals surface area contributed by atoms with Crippen molar-refractivity contribution in [3.8, 4) is 0 Å². The van der Waals surface area contributed by atoms with Gasteiger partial charge in [-0.15, -0.1) is 0 Å². The van der Waals surface area contributed by atoms with Gasteiger partial charge in [0, 0.05) is 26.2 Å². The first-order chi connectivity index (χ1) is 10.0.